The number of hydrogen-bond donors (Lipinski definition) is 1. The number of carbonyl (C=O) groups is 1. The molecule has 4 rings (SSSR count). The smallest absolute Gasteiger partial charge is 0.257 e. The first-order valence-electron chi connectivity index (χ1n) is 10.5. The van der Waals surface area contributed by atoms with Gasteiger partial charge in [-0.25, -0.2) is 13.4 Å². The summed E-state index contributed by atoms with van der Waals surface area (Å²) in [7, 11) is -3.30. The number of carbonyl (C=O) groups excluding carboxylic acids is 1. The zero-order valence-corrected chi connectivity index (χ0v) is 20.3. The fourth-order valence-corrected chi connectivity index (χ4v) is 5.10. The highest BCUT2D eigenvalue weighted by Crippen LogP contribution is 2.30. The average Bonchev–Trinajstić information content (AvgIpc) is 3.36. The molecule has 0 spiro atoms. The molecule has 33 heavy (non-hydrogen) atoms. The van der Waals surface area contributed by atoms with Crippen molar-refractivity contribution in [2.24, 2.45) is 0 Å². The van der Waals surface area contributed by atoms with Gasteiger partial charge in [0, 0.05) is 40.7 Å². The summed E-state index contributed by atoms with van der Waals surface area (Å²) in [6.45, 7) is 5.07. The van der Waals surface area contributed by atoms with Crippen LogP contribution in [0.2, 0.25) is 0 Å². The fourth-order valence-electron chi connectivity index (χ4n) is 3.77. The Bertz CT molecular complexity index is 1390. The minimum Gasteiger partial charge on any atom is -0.348 e. The number of nitrogens with one attached hydrogen (secondary N) is 1. The van der Waals surface area contributed by atoms with Crippen molar-refractivity contribution in [1.82, 2.24) is 9.55 Å². The number of benzene rings is 2. The van der Waals surface area contributed by atoms with Gasteiger partial charge in [-0.1, -0.05) is 30.3 Å². The lowest BCUT2D eigenvalue weighted by Gasteiger charge is -2.09. The van der Waals surface area contributed by atoms with Crippen molar-refractivity contribution in [2.45, 2.75) is 31.7 Å². The van der Waals surface area contributed by atoms with E-state index in [1.165, 1.54) is 46.9 Å². The second-order valence-corrected chi connectivity index (χ2v) is 10.8. The summed E-state index contributed by atoms with van der Waals surface area (Å²) in [6, 6.07) is 18.4. The van der Waals surface area contributed by atoms with Gasteiger partial charge in [0.15, 0.2) is 15.0 Å². The molecule has 0 fully saturated rings. The summed E-state index contributed by atoms with van der Waals surface area (Å²) in [4.78, 5) is 17.4. The van der Waals surface area contributed by atoms with E-state index in [4.69, 9.17) is 0 Å². The quantitative estimate of drug-likeness (QED) is 0.399. The van der Waals surface area contributed by atoms with E-state index in [0.717, 1.165) is 36.2 Å². The molecule has 0 aliphatic heterocycles. The lowest BCUT2D eigenvalue weighted by Crippen LogP contribution is -2.12. The van der Waals surface area contributed by atoms with Crippen LogP contribution in [0.15, 0.2) is 70.9 Å². The van der Waals surface area contributed by atoms with Gasteiger partial charge >= 0.3 is 0 Å². The Labute approximate surface area is 197 Å². The van der Waals surface area contributed by atoms with Gasteiger partial charge in [-0.15, -0.1) is 11.3 Å². The second-order valence-electron chi connectivity index (χ2n) is 7.96. The minimum absolute atomic E-state index is 0.179. The van der Waals surface area contributed by atoms with E-state index in [0.29, 0.717) is 10.7 Å². The van der Waals surface area contributed by atoms with Gasteiger partial charge in [-0.3, -0.25) is 10.1 Å². The topological polar surface area (TPSA) is 81.1 Å². The number of amides is 1. The van der Waals surface area contributed by atoms with Crippen molar-refractivity contribution in [3.63, 3.8) is 0 Å². The van der Waals surface area contributed by atoms with Crippen molar-refractivity contribution in [2.75, 3.05) is 11.6 Å². The third kappa shape index (κ3) is 5.23. The van der Waals surface area contributed by atoms with Crippen molar-refractivity contribution in [3.8, 4) is 11.3 Å². The van der Waals surface area contributed by atoms with Crippen LogP contribution >= 0.6 is 11.3 Å². The predicted molar refractivity (Wildman–Crippen MR) is 133 cm³/mol. The number of nitrogens with zero attached hydrogens (tertiary/aromatic N) is 2. The Morgan fingerprint density at radius 3 is 2.42 bits per heavy atom. The molecule has 0 unspecified atom stereocenters. The second kappa shape index (κ2) is 9.33. The molecule has 0 saturated heterocycles. The molecule has 1 amide bonds. The number of aryl methyl sites for hydroxylation is 2. The molecule has 1 N–H and O–H groups in total. The van der Waals surface area contributed by atoms with Crippen LogP contribution in [0.4, 0.5) is 5.13 Å². The van der Waals surface area contributed by atoms with Gasteiger partial charge in [0.05, 0.1) is 10.6 Å². The van der Waals surface area contributed by atoms with Crippen LogP contribution in [-0.2, 0) is 22.8 Å². The largest absolute Gasteiger partial charge is 0.348 e. The first kappa shape index (κ1) is 22.9. The maximum atomic E-state index is 12.6. The van der Waals surface area contributed by atoms with Gasteiger partial charge in [-0.2, -0.15) is 0 Å². The summed E-state index contributed by atoms with van der Waals surface area (Å²) < 4.78 is 25.5. The first-order valence-corrected chi connectivity index (χ1v) is 13.3. The SMILES string of the molecule is Cc1cc(-c2csc(NC(=O)c3ccc(S(C)(=O)=O)cc3)n2)c(C)n1CCc1ccccc1. The van der Waals surface area contributed by atoms with Crippen molar-refractivity contribution >= 4 is 32.2 Å². The molecular formula is C25H25N3O3S2. The highest BCUT2D eigenvalue weighted by molar-refractivity contribution is 7.90. The number of sulfone groups is 1. The normalized spacial score (nSPS) is 11.5. The van der Waals surface area contributed by atoms with Crippen molar-refractivity contribution in [3.05, 3.63) is 88.6 Å². The fraction of sp³-hybridized carbons (Fsp3) is 0.200. The van der Waals surface area contributed by atoms with E-state index in [1.807, 2.05) is 11.4 Å². The molecule has 2 aromatic carbocycles. The molecule has 6 nitrogen and oxygen atoms in total. The Balaban J connectivity index is 1.47. The molecule has 4 aromatic rings. The maximum absolute atomic E-state index is 12.6. The highest BCUT2D eigenvalue weighted by atomic mass is 32.2. The molecule has 0 bridgehead atoms. The molecule has 0 aliphatic carbocycles. The zero-order chi connectivity index (χ0) is 23.6. The number of thiazole rings is 1. The molecule has 170 valence electrons. The molecule has 2 heterocycles. The summed E-state index contributed by atoms with van der Waals surface area (Å²) in [6.07, 6.45) is 2.09. The van der Waals surface area contributed by atoms with E-state index in [1.54, 1.807) is 0 Å². The lowest BCUT2D eigenvalue weighted by atomic mass is 10.1. The predicted octanol–water partition coefficient (Wildman–Crippen LogP) is 5.13. The Hall–Kier alpha value is -3.23. The summed E-state index contributed by atoms with van der Waals surface area (Å²) in [5.41, 5.74) is 5.86. The van der Waals surface area contributed by atoms with Crippen LogP contribution in [0.5, 0.6) is 0 Å². The Kier molecular flexibility index (Phi) is 6.49. The van der Waals surface area contributed by atoms with Gasteiger partial charge in [-0.05, 0) is 56.2 Å². The van der Waals surface area contributed by atoms with Gasteiger partial charge in [0.2, 0.25) is 0 Å². The molecule has 0 saturated carbocycles. The number of hydrogen-bond acceptors (Lipinski definition) is 5. The molecule has 2 aromatic heterocycles. The van der Waals surface area contributed by atoms with Crippen LogP contribution in [0.25, 0.3) is 11.3 Å². The van der Waals surface area contributed by atoms with Crippen LogP contribution in [0, 0.1) is 13.8 Å². The average molecular weight is 480 g/mol. The van der Waals surface area contributed by atoms with Crippen LogP contribution in [0.1, 0.15) is 27.3 Å². The monoisotopic (exact) mass is 479 g/mol. The van der Waals surface area contributed by atoms with E-state index >= 15 is 0 Å². The number of rotatable bonds is 7. The van der Waals surface area contributed by atoms with Crippen LogP contribution < -0.4 is 5.32 Å². The maximum Gasteiger partial charge on any atom is 0.257 e. The Morgan fingerprint density at radius 2 is 1.76 bits per heavy atom. The van der Waals surface area contributed by atoms with Crippen LogP contribution in [0.3, 0.4) is 0 Å². The van der Waals surface area contributed by atoms with E-state index in [2.05, 4.69) is 59.0 Å². The standard InChI is InChI=1S/C25H25N3O3S2/c1-17-15-22(18(2)28(17)14-13-19-7-5-4-6-8-19)23-16-32-25(26-23)27-24(29)20-9-11-21(12-10-20)33(3,30)31/h4-12,15-16H,13-14H2,1-3H3,(H,26,27,29). The Morgan fingerprint density at radius 1 is 1.06 bits per heavy atom. The number of anilines is 1. The van der Waals surface area contributed by atoms with Crippen molar-refractivity contribution in [1.29, 1.82) is 0 Å². The third-order valence-electron chi connectivity index (χ3n) is 5.59. The van der Waals surface area contributed by atoms with Gasteiger partial charge < -0.3 is 4.57 Å². The summed E-state index contributed by atoms with van der Waals surface area (Å²) in [5.74, 6) is -0.329. The number of aromatic nitrogens is 2. The highest BCUT2D eigenvalue weighted by Gasteiger charge is 2.16. The molecule has 0 atom stereocenters. The van der Waals surface area contributed by atoms with E-state index in [9.17, 15) is 13.2 Å². The first-order chi connectivity index (χ1) is 15.7. The van der Waals surface area contributed by atoms with Crippen molar-refractivity contribution < 1.29 is 13.2 Å². The summed E-state index contributed by atoms with van der Waals surface area (Å²) in [5, 5.41) is 5.24. The molecule has 0 aliphatic rings. The van der Waals surface area contributed by atoms with Gasteiger partial charge in [0.1, 0.15) is 0 Å². The van der Waals surface area contributed by atoms with E-state index < -0.39 is 9.84 Å². The van der Waals surface area contributed by atoms with Crippen LogP contribution in [-0.4, -0.2) is 30.1 Å². The third-order valence-corrected chi connectivity index (χ3v) is 7.47. The molecule has 8 heteroatoms. The minimum atomic E-state index is -3.30. The lowest BCUT2D eigenvalue weighted by molar-refractivity contribution is 0.102. The molecular weight excluding hydrogens is 454 g/mol. The zero-order valence-electron chi connectivity index (χ0n) is 18.7. The summed E-state index contributed by atoms with van der Waals surface area (Å²) >= 11 is 1.36. The van der Waals surface area contributed by atoms with Gasteiger partial charge in [0.25, 0.3) is 5.91 Å². The molecule has 0 radical (unpaired) electrons. The van der Waals surface area contributed by atoms with E-state index in [-0.39, 0.29) is 10.8 Å².